The van der Waals surface area contributed by atoms with Crippen LogP contribution in [0.15, 0.2) is 60.3 Å². The van der Waals surface area contributed by atoms with Crippen molar-refractivity contribution >= 4 is 11.6 Å². The molecule has 0 aliphatic carbocycles. The number of rotatable bonds is 6. The van der Waals surface area contributed by atoms with Crippen molar-refractivity contribution in [2.75, 3.05) is 37.6 Å². The molecule has 1 fully saturated rings. The van der Waals surface area contributed by atoms with Crippen LogP contribution < -0.4 is 10.2 Å². The Labute approximate surface area is 171 Å². The van der Waals surface area contributed by atoms with Crippen LogP contribution in [0.5, 0.6) is 0 Å². The number of hydrogen-bond donors (Lipinski definition) is 1. The summed E-state index contributed by atoms with van der Waals surface area (Å²) in [6.07, 6.45) is 2.34. The Kier molecular flexibility index (Phi) is 6.85. The van der Waals surface area contributed by atoms with Gasteiger partial charge in [0.1, 0.15) is 17.5 Å². The standard InChI is InChI=1S/C23H25FN4O/c1-18-2-4-19(5-3-18)10-11-26-17-20(16-25)23(29)28-14-12-27(13-15-28)22-8-6-21(24)7-9-22/h2-9,17,26H,10-15H2,1H3/b20-17-. The number of nitrogens with zero attached hydrogens (tertiary/aromatic N) is 3. The summed E-state index contributed by atoms with van der Waals surface area (Å²) in [6, 6.07) is 16.7. The average molecular weight is 392 g/mol. The minimum atomic E-state index is -0.263. The predicted molar refractivity (Wildman–Crippen MR) is 112 cm³/mol. The van der Waals surface area contributed by atoms with Crippen molar-refractivity contribution in [3.63, 3.8) is 0 Å². The number of carbonyl (C=O) groups excluding carboxylic acids is 1. The van der Waals surface area contributed by atoms with Crippen molar-refractivity contribution in [1.82, 2.24) is 10.2 Å². The summed E-state index contributed by atoms with van der Waals surface area (Å²) in [6.45, 7) is 5.06. The molecule has 1 aliphatic rings. The van der Waals surface area contributed by atoms with Crippen molar-refractivity contribution in [3.8, 4) is 6.07 Å². The molecule has 0 aromatic heterocycles. The quantitative estimate of drug-likeness (QED) is 0.466. The highest BCUT2D eigenvalue weighted by Gasteiger charge is 2.23. The third-order valence-electron chi connectivity index (χ3n) is 5.03. The summed E-state index contributed by atoms with van der Waals surface area (Å²) in [5, 5.41) is 12.5. The molecular weight excluding hydrogens is 367 g/mol. The van der Waals surface area contributed by atoms with E-state index in [9.17, 15) is 14.4 Å². The number of nitriles is 1. The van der Waals surface area contributed by atoms with Crippen LogP contribution in [-0.2, 0) is 11.2 Å². The molecule has 2 aromatic rings. The molecule has 0 radical (unpaired) electrons. The Morgan fingerprint density at radius 3 is 2.38 bits per heavy atom. The van der Waals surface area contributed by atoms with Gasteiger partial charge in [-0.2, -0.15) is 5.26 Å². The largest absolute Gasteiger partial charge is 0.389 e. The second-order valence-electron chi connectivity index (χ2n) is 7.12. The lowest BCUT2D eigenvalue weighted by Gasteiger charge is -2.36. The van der Waals surface area contributed by atoms with E-state index in [2.05, 4.69) is 41.4 Å². The van der Waals surface area contributed by atoms with Crippen molar-refractivity contribution in [3.05, 3.63) is 77.2 Å². The third kappa shape index (κ3) is 5.58. The maximum atomic E-state index is 13.1. The van der Waals surface area contributed by atoms with E-state index in [-0.39, 0.29) is 17.3 Å². The van der Waals surface area contributed by atoms with Crippen LogP contribution in [0, 0.1) is 24.1 Å². The molecule has 0 unspecified atom stereocenters. The Morgan fingerprint density at radius 1 is 1.10 bits per heavy atom. The summed E-state index contributed by atoms with van der Waals surface area (Å²) < 4.78 is 13.1. The van der Waals surface area contributed by atoms with E-state index in [1.165, 1.54) is 29.5 Å². The first-order valence-electron chi connectivity index (χ1n) is 9.76. The van der Waals surface area contributed by atoms with Crippen LogP contribution in [0.25, 0.3) is 0 Å². The highest BCUT2D eigenvalue weighted by Crippen LogP contribution is 2.17. The second kappa shape index (κ2) is 9.74. The number of nitrogens with one attached hydrogen (secondary N) is 1. The Morgan fingerprint density at radius 2 is 1.76 bits per heavy atom. The average Bonchev–Trinajstić information content (AvgIpc) is 2.75. The number of piperazine rings is 1. The molecule has 1 N–H and O–H groups in total. The lowest BCUT2D eigenvalue weighted by molar-refractivity contribution is -0.127. The molecule has 150 valence electrons. The number of carbonyl (C=O) groups is 1. The fourth-order valence-corrected chi connectivity index (χ4v) is 3.28. The zero-order valence-corrected chi connectivity index (χ0v) is 16.6. The van der Waals surface area contributed by atoms with E-state index in [1.807, 2.05) is 6.07 Å². The van der Waals surface area contributed by atoms with E-state index in [1.54, 1.807) is 17.0 Å². The SMILES string of the molecule is Cc1ccc(CCN/C=C(/C#N)C(=O)N2CCN(c3ccc(F)cc3)CC2)cc1. The molecule has 0 atom stereocenters. The predicted octanol–water partition coefficient (Wildman–Crippen LogP) is 3.02. The fraction of sp³-hybridized carbons (Fsp3) is 0.304. The van der Waals surface area contributed by atoms with Gasteiger partial charge in [-0.1, -0.05) is 29.8 Å². The van der Waals surface area contributed by atoms with Gasteiger partial charge in [-0.15, -0.1) is 0 Å². The van der Waals surface area contributed by atoms with Gasteiger partial charge in [-0.05, 0) is 43.2 Å². The van der Waals surface area contributed by atoms with Gasteiger partial charge in [0.05, 0.1) is 0 Å². The molecule has 6 heteroatoms. The zero-order chi connectivity index (χ0) is 20.6. The van der Waals surface area contributed by atoms with Crippen molar-refractivity contribution in [2.24, 2.45) is 0 Å². The minimum absolute atomic E-state index is 0.115. The third-order valence-corrected chi connectivity index (χ3v) is 5.03. The summed E-state index contributed by atoms with van der Waals surface area (Å²) in [5.74, 6) is -0.518. The number of benzene rings is 2. The smallest absolute Gasteiger partial charge is 0.266 e. The van der Waals surface area contributed by atoms with Gasteiger partial charge in [-0.3, -0.25) is 4.79 Å². The Hall–Kier alpha value is -3.33. The van der Waals surface area contributed by atoms with E-state index < -0.39 is 0 Å². The first-order valence-corrected chi connectivity index (χ1v) is 9.76. The molecule has 0 spiro atoms. The van der Waals surface area contributed by atoms with Crippen LogP contribution >= 0.6 is 0 Å². The van der Waals surface area contributed by atoms with Gasteiger partial charge in [0.25, 0.3) is 5.91 Å². The maximum Gasteiger partial charge on any atom is 0.266 e. The monoisotopic (exact) mass is 392 g/mol. The number of amides is 1. The molecule has 1 amide bonds. The van der Waals surface area contributed by atoms with E-state index in [0.717, 1.165) is 12.1 Å². The van der Waals surface area contributed by atoms with Crippen LogP contribution in [0.2, 0.25) is 0 Å². The van der Waals surface area contributed by atoms with Crippen LogP contribution in [0.4, 0.5) is 10.1 Å². The Bertz CT molecular complexity index is 892. The Balaban J connectivity index is 1.49. The van der Waals surface area contributed by atoms with Crippen LogP contribution in [0.1, 0.15) is 11.1 Å². The summed E-state index contributed by atoms with van der Waals surface area (Å²) in [5.41, 5.74) is 3.48. The molecule has 2 aromatic carbocycles. The second-order valence-corrected chi connectivity index (χ2v) is 7.12. The normalized spacial score (nSPS) is 14.4. The number of aryl methyl sites for hydroxylation is 1. The lowest BCUT2D eigenvalue weighted by Crippen LogP contribution is -2.49. The van der Waals surface area contributed by atoms with Gasteiger partial charge >= 0.3 is 0 Å². The van der Waals surface area contributed by atoms with Gasteiger partial charge in [0.2, 0.25) is 0 Å². The van der Waals surface area contributed by atoms with Crippen LogP contribution in [-0.4, -0.2) is 43.5 Å². The van der Waals surface area contributed by atoms with Gasteiger partial charge in [0, 0.05) is 44.6 Å². The molecule has 0 saturated carbocycles. The molecule has 3 rings (SSSR count). The minimum Gasteiger partial charge on any atom is -0.389 e. The van der Waals surface area contributed by atoms with E-state index in [4.69, 9.17) is 0 Å². The number of halogens is 1. The first-order chi connectivity index (χ1) is 14.1. The molecular formula is C23H25FN4O. The van der Waals surface area contributed by atoms with Crippen molar-refractivity contribution in [1.29, 1.82) is 5.26 Å². The van der Waals surface area contributed by atoms with Crippen molar-refractivity contribution in [2.45, 2.75) is 13.3 Å². The number of anilines is 1. The van der Waals surface area contributed by atoms with Crippen LogP contribution in [0.3, 0.4) is 0 Å². The highest BCUT2D eigenvalue weighted by molar-refractivity contribution is 5.97. The zero-order valence-electron chi connectivity index (χ0n) is 16.6. The van der Waals surface area contributed by atoms with Crippen molar-refractivity contribution < 1.29 is 9.18 Å². The fourth-order valence-electron chi connectivity index (χ4n) is 3.28. The van der Waals surface area contributed by atoms with E-state index in [0.29, 0.717) is 32.7 Å². The highest BCUT2D eigenvalue weighted by atomic mass is 19.1. The summed E-state index contributed by atoms with van der Waals surface area (Å²) >= 11 is 0. The molecule has 1 aliphatic heterocycles. The van der Waals surface area contributed by atoms with Gasteiger partial charge < -0.3 is 15.1 Å². The van der Waals surface area contributed by atoms with Gasteiger partial charge in [0.15, 0.2) is 0 Å². The molecule has 29 heavy (non-hydrogen) atoms. The summed E-state index contributed by atoms with van der Waals surface area (Å²) in [4.78, 5) is 16.4. The molecule has 1 heterocycles. The molecule has 5 nitrogen and oxygen atoms in total. The molecule has 0 bridgehead atoms. The molecule has 1 saturated heterocycles. The van der Waals surface area contributed by atoms with E-state index >= 15 is 0 Å². The maximum absolute atomic E-state index is 13.1. The topological polar surface area (TPSA) is 59.4 Å². The number of hydrogen-bond acceptors (Lipinski definition) is 4. The van der Waals surface area contributed by atoms with Gasteiger partial charge in [-0.25, -0.2) is 4.39 Å². The first kappa shape index (κ1) is 20.4. The summed E-state index contributed by atoms with van der Waals surface area (Å²) in [7, 11) is 0. The lowest BCUT2D eigenvalue weighted by atomic mass is 10.1.